The van der Waals surface area contributed by atoms with Gasteiger partial charge in [0, 0.05) is 105 Å². The minimum Gasteiger partial charge on any atom is -0.359 e. The summed E-state index contributed by atoms with van der Waals surface area (Å²) in [5, 5.41) is 6.69. The lowest BCUT2D eigenvalue weighted by atomic mass is 10.1. The van der Waals surface area contributed by atoms with Crippen LogP contribution in [0.1, 0.15) is 65.2 Å². The molecule has 0 aromatic rings. The van der Waals surface area contributed by atoms with Crippen molar-refractivity contribution in [1.29, 1.82) is 0 Å². The summed E-state index contributed by atoms with van der Waals surface area (Å²) in [6.45, 7) is 4.63. The summed E-state index contributed by atoms with van der Waals surface area (Å²) in [4.78, 5) is 90.7. The normalized spacial score (nSPS) is 10.9. The number of Topliss-reactive ketones (excluding diaryl/α,β-unsaturated/α-hetero) is 2. The van der Waals surface area contributed by atoms with Gasteiger partial charge >= 0.3 is 0 Å². The minimum absolute atomic E-state index is 0.00323. The van der Waals surface area contributed by atoms with Gasteiger partial charge in [-0.25, -0.2) is 0 Å². The van der Waals surface area contributed by atoms with Crippen molar-refractivity contribution in [2.75, 3.05) is 66.2 Å². The van der Waals surface area contributed by atoms with Gasteiger partial charge in [0.05, 0.1) is 6.54 Å². The number of nitrogens with one attached hydrogen (secondary N) is 2. The maximum Gasteiger partial charge on any atom is 0.223 e. The Kier molecular flexibility index (Phi) is 21.8. The molecule has 0 aromatic heterocycles. The maximum atomic E-state index is 13.1. The van der Waals surface area contributed by atoms with E-state index in [4.69, 9.17) is 0 Å². The lowest BCUT2D eigenvalue weighted by molar-refractivity contribution is -0.133. The number of amides is 4. The number of hydrogen-bond acceptors (Lipinski definition) is 9. The highest BCUT2D eigenvalue weighted by Gasteiger charge is 2.21. The van der Waals surface area contributed by atoms with E-state index in [1.807, 2.05) is 6.26 Å². The van der Waals surface area contributed by atoms with E-state index in [0.29, 0.717) is 12.8 Å². The third-order valence-electron chi connectivity index (χ3n) is 6.64. The summed E-state index contributed by atoms with van der Waals surface area (Å²) >= 11 is 1.38. The van der Waals surface area contributed by atoms with Crippen LogP contribution in [0.15, 0.2) is 11.5 Å². The Labute approximate surface area is 254 Å². The Hall–Kier alpha value is -3.06. The molecule has 0 atom stereocenters. The van der Waals surface area contributed by atoms with Gasteiger partial charge in [0.15, 0.2) is 5.78 Å². The van der Waals surface area contributed by atoms with E-state index in [2.05, 4.69) is 10.6 Å². The molecule has 0 spiro atoms. The molecule has 0 fully saturated rings. The fourth-order valence-corrected chi connectivity index (χ4v) is 4.12. The largest absolute Gasteiger partial charge is 0.359 e. The zero-order valence-electron chi connectivity index (χ0n) is 25.9. The molecule has 0 heterocycles. The van der Waals surface area contributed by atoms with Crippen molar-refractivity contribution < 1.29 is 33.6 Å². The Morgan fingerprint density at radius 3 is 1.38 bits per heavy atom. The first-order valence-electron chi connectivity index (χ1n) is 14.5. The lowest BCUT2D eigenvalue weighted by Crippen LogP contribution is -2.41. The van der Waals surface area contributed by atoms with Crippen molar-refractivity contribution in [3.05, 3.63) is 11.5 Å². The van der Waals surface area contributed by atoms with Crippen molar-refractivity contribution in [2.24, 2.45) is 0 Å². The number of carbonyl (C=O) groups excluding carboxylic acids is 7. The molecule has 2 N–H and O–H groups in total. The maximum absolute atomic E-state index is 13.1. The number of thioether (sulfide) groups is 1. The molecular formula is C29H49N5O7S. The molecule has 238 valence electrons. The third-order valence-corrected chi connectivity index (χ3v) is 7.05. The standard InChI is InChI=1S/C29H49N5O7S/c1-6-23(35)8-17-33(18-9-24(36)7-2)28(40)12-15-32(22-25(37)14-21-42-5)16-13-29(41)34(19-10-26(38)30-3)20-11-27(39)31-4/h14,21H,6-13,15-20,22H2,1-5H3,(H,30,38)(H,31,39). The van der Waals surface area contributed by atoms with Crippen molar-refractivity contribution >= 4 is 52.7 Å². The van der Waals surface area contributed by atoms with E-state index in [-0.39, 0.29) is 125 Å². The van der Waals surface area contributed by atoms with Gasteiger partial charge in [-0.3, -0.25) is 38.5 Å². The summed E-state index contributed by atoms with van der Waals surface area (Å²) in [7, 11) is 3.01. The molecule has 0 unspecified atom stereocenters. The molecule has 4 amide bonds. The average molecular weight is 612 g/mol. The fourth-order valence-electron chi connectivity index (χ4n) is 3.83. The molecule has 42 heavy (non-hydrogen) atoms. The Bertz CT molecular complexity index is 841. The summed E-state index contributed by atoms with van der Waals surface area (Å²) in [5.74, 6) is -1.10. The number of nitrogens with zero attached hydrogens (tertiary/aromatic N) is 3. The first kappa shape index (κ1) is 38.9. The van der Waals surface area contributed by atoms with E-state index in [9.17, 15) is 33.6 Å². The molecule has 0 aromatic carbocycles. The van der Waals surface area contributed by atoms with Gasteiger partial charge < -0.3 is 20.4 Å². The highest BCUT2D eigenvalue weighted by molar-refractivity contribution is 8.01. The molecule has 0 aliphatic rings. The molecule has 0 rings (SSSR count). The molecule has 0 aliphatic carbocycles. The minimum atomic E-state index is -0.274. The van der Waals surface area contributed by atoms with E-state index in [1.165, 1.54) is 41.7 Å². The van der Waals surface area contributed by atoms with Gasteiger partial charge in [0.25, 0.3) is 0 Å². The van der Waals surface area contributed by atoms with Crippen LogP contribution in [0, 0.1) is 0 Å². The quantitative estimate of drug-likeness (QED) is 0.153. The zero-order valence-corrected chi connectivity index (χ0v) is 26.7. The second-order valence-corrected chi connectivity index (χ2v) is 10.4. The predicted octanol–water partition coefficient (Wildman–Crippen LogP) is 1.18. The highest BCUT2D eigenvalue weighted by atomic mass is 32.2. The average Bonchev–Trinajstić information content (AvgIpc) is 2.99. The van der Waals surface area contributed by atoms with Crippen LogP contribution in [0.4, 0.5) is 0 Å². The number of ketones is 3. The fraction of sp³-hybridized carbons (Fsp3) is 0.690. The summed E-state index contributed by atoms with van der Waals surface area (Å²) in [5.41, 5.74) is 0. The predicted molar refractivity (Wildman–Crippen MR) is 164 cm³/mol. The second kappa shape index (κ2) is 23.5. The van der Waals surface area contributed by atoms with Crippen molar-refractivity contribution in [3.8, 4) is 0 Å². The Morgan fingerprint density at radius 2 is 1.02 bits per heavy atom. The second-order valence-electron chi connectivity index (χ2n) is 9.67. The van der Waals surface area contributed by atoms with E-state index < -0.39 is 0 Å². The van der Waals surface area contributed by atoms with Gasteiger partial charge in [-0.1, -0.05) is 13.8 Å². The van der Waals surface area contributed by atoms with Crippen molar-refractivity contribution in [2.45, 2.75) is 65.2 Å². The van der Waals surface area contributed by atoms with Crippen molar-refractivity contribution in [1.82, 2.24) is 25.3 Å². The molecular weight excluding hydrogens is 562 g/mol. The summed E-state index contributed by atoms with van der Waals surface area (Å²) < 4.78 is 0. The van der Waals surface area contributed by atoms with Gasteiger partial charge in [-0.15, -0.1) is 11.8 Å². The van der Waals surface area contributed by atoms with E-state index >= 15 is 0 Å². The lowest BCUT2D eigenvalue weighted by Gasteiger charge is -2.27. The molecule has 13 heteroatoms. The van der Waals surface area contributed by atoms with Gasteiger partial charge in [-0.05, 0) is 17.7 Å². The number of carbonyl (C=O) groups is 7. The van der Waals surface area contributed by atoms with E-state index in [0.717, 1.165) is 0 Å². The first-order chi connectivity index (χ1) is 20.0. The van der Waals surface area contributed by atoms with Crippen LogP contribution in [0.2, 0.25) is 0 Å². The molecule has 0 saturated carbocycles. The zero-order chi connectivity index (χ0) is 31.9. The SMILES string of the molecule is CCC(=O)CCN(CCC(=O)CC)C(=O)CCN(CCC(=O)N(CCC(=O)NC)CCC(=O)NC)CC(=O)C=CSC. The smallest absolute Gasteiger partial charge is 0.223 e. The van der Waals surface area contributed by atoms with Crippen LogP contribution in [-0.2, 0) is 33.6 Å². The van der Waals surface area contributed by atoms with Crippen LogP contribution in [0.3, 0.4) is 0 Å². The Balaban J connectivity index is 5.52. The molecule has 0 bridgehead atoms. The van der Waals surface area contributed by atoms with Crippen LogP contribution in [0.25, 0.3) is 0 Å². The van der Waals surface area contributed by atoms with Crippen molar-refractivity contribution in [3.63, 3.8) is 0 Å². The molecule has 0 aliphatic heterocycles. The monoisotopic (exact) mass is 611 g/mol. The molecule has 12 nitrogen and oxygen atoms in total. The van der Waals surface area contributed by atoms with Crippen LogP contribution >= 0.6 is 11.8 Å². The van der Waals surface area contributed by atoms with Crippen LogP contribution < -0.4 is 10.6 Å². The third kappa shape index (κ3) is 18.4. The van der Waals surface area contributed by atoms with Gasteiger partial charge in [0.2, 0.25) is 23.6 Å². The highest BCUT2D eigenvalue weighted by Crippen LogP contribution is 2.07. The Morgan fingerprint density at radius 1 is 0.619 bits per heavy atom. The number of rotatable bonds is 24. The van der Waals surface area contributed by atoms with Crippen LogP contribution in [0.5, 0.6) is 0 Å². The van der Waals surface area contributed by atoms with Crippen LogP contribution in [-0.4, -0.2) is 122 Å². The number of hydrogen-bond donors (Lipinski definition) is 2. The summed E-state index contributed by atoms with van der Waals surface area (Å²) in [6, 6.07) is 0. The molecule has 0 saturated heterocycles. The summed E-state index contributed by atoms with van der Waals surface area (Å²) in [6.07, 6.45) is 4.67. The molecule has 0 radical (unpaired) electrons. The van der Waals surface area contributed by atoms with Gasteiger partial charge in [0.1, 0.15) is 11.6 Å². The topological polar surface area (TPSA) is 153 Å². The first-order valence-corrected chi connectivity index (χ1v) is 15.7. The van der Waals surface area contributed by atoms with E-state index in [1.54, 1.807) is 24.2 Å². The van der Waals surface area contributed by atoms with Gasteiger partial charge in [-0.2, -0.15) is 0 Å².